The summed E-state index contributed by atoms with van der Waals surface area (Å²) in [7, 11) is 0. The smallest absolute Gasteiger partial charge is 0.209 e. The Balaban J connectivity index is 0.00000370. The Kier molecular flexibility index (Phi) is 9.22. The average Bonchev–Trinajstić information content (AvgIpc) is 3.27. The molecule has 2 nitrogen and oxygen atoms in total. The fraction of sp³-hybridized carbons (Fsp3) is 0.417. The fourth-order valence-electron chi connectivity index (χ4n) is 6.78. The maximum Gasteiger partial charge on any atom is 0.209 e. The van der Waals surface area contributed by atoms with Gasteiger partial charge >= 0.3 is 0 Å². The van der Waals surface area contributed by atoms with Crippen LogP contribution in [0.2, 0.25) is 0 Å². The number of anilines is 1. The first-order valence-electron chi connectivity index (χ1n) is 14.8. The van der Waals surface area contributed by atoms with Gasteiger partial charge in [0, 0.05) is 52.5 Å². The predicted molar refractivity (Wildman–Crippen MR) is 169 cm³/mol. The molecule has 212 valence electrons. The number of benzene rings is 2. The molecule has 2 aromatic carbocycles. The number of rotatable bonds is 7. The van der Waals surface area contributed by atoms with Gasteiger partial charge in [-0.25, -0.2) is 0 Å². The zero-order valence-corrected chi connectivity index (χ0v) is 26.5. The molecule has 0 saturated carbocycles. The Labute approximate surface area is 253 Å². The summed E-state index contributed by atoms with van der Waals surface area (Å²) in [5.41, 5.74) is 10.7. The molecule has 0 amide bonds. The molecule has 2 aliphatic heterocycles. The summed E-state index contributed by atoms with van der Waals surface area (Å²) in [5, 5.41) is 0.931. The number of nitrogens with zero attached hydrogens (tertiary/aromatic N) is 2. The molecule has 0 aromatic heterocycles. The highest BCUT2D eigenvalue weighted by atomic mass is 35.5. The van der Waals surface area contributed by atoms with Gasteiger partial charge in [-0.15, -0.1) is 0 Å². The van der Waals surface area contributed by atoms with Crippen LogP contribution >= 0.6 is 11.6 Å². The van der Waals surface area contributed by atoms with Crippen molar-refractivity contribution in [2.75, 3.05) is 18.0 Å². The highest BCUT2D eigenvalue weighted by Crippen LogP contribution is 2.48. The summed E-state index contributed by atoms with van der Waals surface area (Å²) in [5.74, 6) is 0. The van der Waals surface area contributed by atoms with Crippen LogP contribution in [0.15, 0.2) is 94.7 Å². The van der Waals surface area contributed by atoms with Crippen LogP contribution in [0.1, 0.15) is 84.8 Å². The van der Waals surface area contributed by atoms with E-state index in [9.17, 15) is 0 Å². The molecule has 0 spiro atoms. The topological polar surface area (TPSA) is 6.25 Å². The maximum atomic E-state index is 7.13. The monoisotopic (exact) mass is 574 g/mol. The van der Waals surface area contributed by atoms with Gasteiger partial charge < -0.3 is 17.3 Å². The molecule has 0 unspecified atom stereocenters. The Morgan fingerprint density at radius 3 is 2.27 bits per heavy atom. The van der Waals surface area contributed by atoms with Gasteiger partial charge in [0.15, 0.2) is 5.71 Å². The molecule has 2 aromatic rings. The van der Waals surface area contributed by atoms with Gasteiger partial charge in [0.05, 0.1) is 5.41 Å². The molecule has 0 fully saturated rings. The van der Waals surface area contributed by atoms with Crippen molar-refractivity contribution in [3.05, 3.63) is 106 Å². The zero-order valence-electron chi connectivity index (χ0n) is 25.0. The van der Waals surface area contributed by atoms with Crippen molar-refractivity contribution < 1.29 is 17.0 Å². The molecule has 4 heteroatoms. The molecule has 0 radical (unpaired) electrons. The lowest BCUT2D eigenvalue weighted by Crippen LogP contribution is -3.00. The zero-order chi connectivity index (χ0) is 27.8. The molecular weight excluding hydrogens is 531 g/mol. The third-order valence-electron chi connectivity index (χ3n) is 8.83. The van der Waals surface area contributed by atoms with Gasteiger partial charge in [-0.3, -0.25) is 0 Å². The number of allylic oxidation sites excluding steroid dienone is 8. The van der Waals surface area contributed by atoms with E-state index in [1.165, 1.54) is 45.1 Å². The molecule has 3 aliphatic rings. The van der Waals surface area contributed by atoms with Gasteiger partial charge in [0.25, 0.3) is 0 Å². The van der Waals surface area contributed by atoms with Crippen LogP contribution in [0.5, 0.6) is 0 Å². The van der Waals surface area contributed by atoms with Gasteiger partial charge in [0.1, 0.15) is 6.54 Å². The van der Waals surface area contributed by atoms with Crippen LogP contribution in [0, 0.1) is 0 Å². The molecule has 0 atom stereocenters. The molecule has 0 bridgehead atoms. The van der Waals surface area contributed by atoms with E-state index >= 15 is 0 Å². The first kappa shape index (κ1) is 30.4. The number of para-hydroxylation sites is 2. The van der Waals surface area contributed by atoms with E-state index in [0.717, 1.165) is 50.2 Å². The van der Waals surface area contributed by atoms with Crippen molar-refractivity contribution in [1.29, 1.82) is 0 Å². The highest BCUT2D eigenvalue weighted by Gasteiger charge is 2.44. The first-order valence-corrected chi connectivity index (χ1v) is 15.2. The van der Waals surface area contributed by atoms with Crippen molar-refractivity contribution in [2.24, 2.45) is 0 Å². The summed E-state index contributed by atoms with van der Waals surface area (Å²) < 4.78 is 2.51. The van der Waals surface area contributed by atoms with E-state index in [-0.39, 0.29) is 23.2 Å². The van der Waals surface area contributed by atoms with Crippen LogP contribution in [0.3, 0.4) is 0 Å². The van der Waals surface area contributed by atoms with Gasteiger partial charge in [-0.2, -0.15) is 4.58 Å². The Hall–Kier alpha value is -2.55. The lowest BCUT2D eigenvalue weighted by molar-refractivity contribution is -0.437. The van der Waals surface area contributed by atoms with Gasteiger partial charge in [-0.1, -0.05) is 87.8 Å². The molecule has 0 N–H and O–H groups in total. The van der Waals surface area contributed by atoms with Crippen LogP contribution in [0.25, 0.3) is 0 Å². The van der Waals surface area contributed by atoms with Crippen LogP contribution in [-0.2, 0) is 10.8 Å². The summed E-state index contributed by atoms with van der Waals surface area (Å²) in [6.07, 6.45) is 14.7. The predicted octanol–water partition coefficient (Wildman–Crippen LogP) is 6.73. The van der Waals surface area contributed by atoms with E-state index in [1.54, 1.807) is 0 Å². The van der Waals surface area contributed by atoms with Gasteiger partial charge in [-0.05, 0) is 68.4 Å². The van der Waals surface area contributed by atoms with E-state index in [0.29, 0.717) is 0 Å². The van der Waals surface area contributed by atoms with Crippen LogP contribution < -0.4 is 17.3 Å². The minimum absolute atomic E-state index is 0. The lowest BCUT2D eigenvalue weighted by Gasteiger charge is -2.27. The van der Waals surface area contributed by atoms with Crippen molar-refractivity contribution in [2.45, 2.75) is 84.5 Å². The lowest BCUT2D eigenvalue weighted by atomic mass is 9.81. The van der Waals surface area contributed by atoms with E-state index < -0.39 is 0 Å². The molecule has 5 rings (SSSR count). The highest BCUT2D eigenvalue weighted by molar-refractivity contribution is 6.32. The summed E-state index contributed by atoms with van der Waals surface area (Å²) in [6, 6.07) is 17.7. The SMILES string of the molecule is CCCN1/C(=C/C=C2\CCCC(/C=C/C3=[N+](CCC)c4ccccc4C3(C)C)=C2Cl)C(C)(C)c2ccccc21.[Cl-]. The quantitative estimate of drug-likeness (QED) is 0.332. The van der Waals surface area contributed by atoms with Crippen molar-refractivity contribution >= 4 is 28.7 Å². The first-order chi connectivity index (χ1) is 18.7. The fourth-order valence-corrected chi connectivity index (χ4v) is 7.09. The van der Waals surface area contributed by atoms with Crippen molar-refractivity contribution in [1.82, 2.24) is 0 Å². The molecular formula is C36H44Cl2N2. The summed E-state index contributed by atoms with van der Waals surface area (Å²) in [6.45, 7) is 16.0. The molecule has 2 heterocycles. The minimum Gasteiger partial charge on any atom is -1.00 e. The number of hydrogen-bond acceptors (Lipinski definition) is 1. The Morgan fingerprint density at radius 1 is 0.850 bits per heavy atom. The number of hydrogen-bond donors (Lipinski definition) is 0. The average molecular weight is 576 g/mol. The Morgan fingerprint density at radius 2 is 1.55 bits per heavy atom. The number of fused-ring (bicyclic) bond motifs is 2. The molecule has 0 saturated heterocycles. The molecule has 1 aliphatic carbocycles. The molecule has 40 heavy (non-hydrogen) atoms. The Bertz CT molecular complexity index is 1420. The second kappa shape index (κ2) is 12.1. The normalized spacial score (nSPS) is 21.4. The number of halogens is 2. The second-order valence-electron chi connectivity index (χ2n) is 12.2. The largest absolute Gasteiger partial charge is 1.00 e. The van der Waals surface area contributed by atoms with E-state index in [1.807, 2.05) is 0 Å². The summed E-state index contributed by atoms with van der Waals surface area (Å²) in [4.78, 5) is 2.51. The third kappa shape index (κ3) is 5.26. The van der Waals surface area contributed by atoms with E-state index in [2.05, 4.69) is 124 Å². The van der Waals surface area contributed by atoms with Gasteiger partial charge in [0.2, 0.25) is 5.69 Å². The minimum atomic E-state index is -0.0289. The van der Waals surface area contributed by atoms with Crippen molar-refractivity contribution in [3.8, 4) is 0 Å². The third-order valence-corrected chi connectivity index (χ3v) is 9.32. The van der Waals surface area contributed by atoms with E-state index in [4.69, 9.17) is 11.6 Å². The standard InChI is InChI=1S/C36H44ClN2.ClH/c1-7-24-38-30-18-11-9-16-28(30)35(3,4)32(38)22-20-26-14-13-15-27(34(26)37)21-23-33-36(5,6)29-17-10-12-19-31(29)39(33)25-8-2;/h9-12,16-23H,7-8,13-15,24-25H2,1-6H3;1H/q+1;/p-1. The maximum absolute atomic E-state index is 7.13. The summed E-state index contributed by atoms with van der Waals surface area (Å²) >= 11 is 7.13. The van der Waals surface area contributed by atoms with Crippen molar-refractivity contribution in [3.63, 3.8) is 0 Å². The van der Waals surface area contributed by atoms with Crippen LogP contribution in [0.4, 0.5) is 11.4 Å². The van der Waals surface area contributed by atoms with Crippen LogP contribution in [-0.4, -0.2) is 23.4 Å². The second-order valence-corrected chi connectivity index (χ2v) is 12.6.